The molecular weight excluding hydrogens is 1090 g/mol. The molecule has 0 spiro atoms. The Bertz CT molecular complexity index is 3940. The number of ether oxygens (including phenoxy) is 3. The van der Waals surface area contributed by atoms with E-state index in [2.05, 4.69) is 107 Å². The van der Waals surface area contributed by atoms with E-state index < -0.39 is 0 Å². The number of hydrogen-bond acceptors (Lipinski definition) is 9. The van der Waals surface area contributed by atoms with E-state index >= 15 is 0 Å². The van der Waals surface area contributed by atoms with E-state index in [9.17, 15) is 4.79 Å². The zero-order chi connectivity index (χ0) is 56.9. The van der Waals surface area contributed by atoms with Gasteiger partial charge in [0.05, 0.1) is 29.3 Å². The molecule has 2 unspecified atom stereocenters. The third kappa shape index (κ3) is 14.4. The van der Waals surface area contributed by atoms with E-state index in [1.54, 1.807) is 23.7 Å². The zero-order valence-electron chi connectivity index (χ0n) is 46.1. The van der Waals surface area contributed by atoms with E-state index in [1.165, 1.54) is 20.9 Å². The summed E-state index contributed by atoms with van der Waals surface area (Å²) < 4.78 is 18.4. The van der Waals surface area contributed by atoms with Gasteiger partial charge in [0.2, 0.25) is 0 Å². The Labute approximate surface area is 499 Å². The normalized spacial score (nSPS) is 13.2. The first-order valence-corrected chi connectivity index (χ1v) is 29.5. The molecule has 1 saturated heterocycles. The molecular formula is C71H63Cl2N5O4S. The van der Waals surface area contributed by atoms with Gasteiger partial charge in [-0.05, 0) is 130 Å². The lowest BCUT2D eigenvalue weighted by atomic mass is 9.95. The number of fused-ring (bicyclic) bond motifs is 2. The van der Waals surface area contributed by atoms with Crippen LogP contribution in [0, 0.1) is 6.92 Å². The first-order valence-electron chi connectivity index (χ1n) is 27.9. The summed E-state index contributed by atoms with van der Waals surface area (Å²) in [5.74, 6) is 1.25. The molecule has 2 atom stereocenters. The Morgan fingerprint density at radius 3 is 1.72 bits per heavy atom. The molecule has 12 heteroatoms. The molecule has 1 aliphatic rings. The lowest BCUT2D eigenvalue weighted by Crippen LogP contribution is -2.35. The molecule has 0 bridgehead atoms. The predicted molar refractivity (Wildman–Crippen MR) is 339 cm³/mol. The third-order valence-electron chi connectivity index (χ3n) is 14.9. The highest BCUT2D eigenvalue weighted by Gasteiger charge is 2.24. The van der Waals surface area contributed by atoms with E-state index in [-0.39, 0.29) is 18.0 Å². The van der Waals surface area contributed by atoms with Crippen LogP contribution < -0.4 is 20.5 Å². The van der Waals surface area contributed by atoms with Crippen LogP contribution >= 0.6 is 34.5 Å². The van der Waals surface area contributed by atoms with Crippen LogP contribution in [-0.4, -0.2) is 47.1 Å². The smallest absolute Gasteiger partial charge is 0.251 e. The van der Waals surface area contributed by atoms with Gasteiger partial charge in [-0.25, -0.2) is 0 Å². The largest absolute Gasteiger partial charge is 0.486 e. The zero-order valence-corrected chi connectivity index (χ0v) is 48.4. The maximum Gasteiger partial charge on any atom is 0.251 e. The fraction of sp³-hybridized carbons (Fsp3) is 0.169. The van der Waals surface area contributed by atoms with Crippen LogP contribution in [0.15, 0.2) is 225 Å². The molecule has 0 saturated carbocycles. The number of aryl methyl sites for hydroxylation is 1. The highest BCUT2D eigenvalue weighted by Crippen LogP contribution is 2.39. The van der Waals surface area contributed by atoms with Crippen molar-refractivity contribution in [1.29, 1.82) is 0 Å². The molecule has 1 amide bonds. The van der Waals surface area contributed by atoms with Gasteiger partial charge in [0.25, 0.3) is 5.91 Å². The van der Waals surface area contributed by atoms with Crippen molar-refractivity contribution in [1.82, 2.24) is 20.2 Å². The van der Waals surface area contributed by atoms with E-state index in [4.69, 9.17) is 48.1 Å². The summed E-state index contributed by atoms with van der Waals surface area (Å²) >= 11 is 15.3. The molecule has 0 aliphatic carbocycles. The highest BCUT2D eigenvalue weighted by molar-refractivity contribution is 7.15. The second kappa shape index (κ2) is 27.3. The fourth-order valence-electron chi connectivity index (χ4n) is 10.4. The number of carbonyl (C=O) groups excluding carboxylic acids is 1. The van der Waals surface area contributed by atoms with Crippen molar-refractivity contribution in [3.8, 4) is 33.1 Å². The third-order valence-corrected chi connectivity index (χ3v) is 16.5. The number of rotatable bonds is 18. The van der Waals surface area contributed by atoms with Gasteiger partial charge in [0.15, 0.2) is 0 Å². The topological polar surface area (TPSA) is 112 Å². The number of halogens is 2. The number of nitrogens with two attached hydrogens (primary N) is 1. The van der Waals surface area contributed by atoms with Gasteiger partial charge in [-0.15, -0.1) is 11.3 Å². The maximum absolute atomic E-state index is 13.9. The van der Waals surface area contributed by atoms with Crippen molar-refractivity contribution in [2.24, 2.45) is 5.73 Å². The van der Waals surface area contributed by atoms with Crippen molar-refractivity contribution in [2.45, 2.75) is 51.6 Å². The van der Waals surface area contributed by atoms with E-state index in [1.807, 2.05) is 127 Å². The minimum Gasteiger partial charge on any atom is -0.486 e. The number of benzene rings is 8. The standard InChI is InChI=1S/C42H38ClN3O3.C29H25ClN2OS/c43-38-26-36(41(40-37(38)12-7-21-44-40)49-29-31-8-3-1-4-9-31)27-39(34-15-13-30(14-16-34)28-46-22-24-48-25-23-46)45-42(47)35-19-17-33(18-20-35)32-10-5-2-6-11-32;1-19-12-13-27(34-19)22-10-5-9-21(15-22)26(31)17-23-16-25(30)24-11-6-14-32-28(24)29(23)33-18-20-7-3-2-4-8-20/h1-21,26,39H,22-25,27-29H2,(H,45,47);2-16,26H,17-18,31H2,1H3. The van der Waals surface area contributed by atoms with Gasteiger partial charge >= 0.3 is 0 Å². The number of morpholine rings is 1. The van der Waals surface area contributed by atoms with Gasteiger partial charge in [-0.1, -0.05) is 169 Å². The Morgan fingerprint density at radius 2 is 1.14 bits per heavy atom. The monoisotopic (exact) mass is 1150 g/mol. The Balaban J connectivity index is 0.000000185. The van der Waals surface area contributed by atoms with Gasteiger partial charge in [-0.3, -0.25) is 19.7 Å². The number of carbonyl (C=O) groups is 1. The predicted octanol–water partition coefficient (Wildman–Crippen LogP) is 16.4. The summed E-state index contributed by atoms with van der Waals surface area (Å²) in [4.78, 5) is 28.1. The molecule has 1 aliphatic heterocycles. The average Bonchev–Trinajstić information content (AvgIpc) is 4.17. The van der Waals surface area contributed by atoms with Crippen LogP contribution in [-0.2, 0) is 37.3 Å². The Kier molecular flexibility index (Phi) is 18.6. The number of nitrogens with zero attached hydrogens (tertiary/aromatic N) is 3. The quantitative estimate of drug-likeness (QED) is 0.0874. The Morgan fingerprint density at radius 1 is 0.590 bits per heavy atom. The summed E-state index contributed by atoms with van der Waals surface area (Å²) in [5, 5.41) is 6.28. The molecule has 3 N–H and O–H groups in total. The minimum atomic E-state index is -0.366. The number of hydrogen-bond donors (Lipinski definition) is 2. The van der Waals surface area contributed by atoms with Crippen LogP contribution in [0.1, 0.15) is 66.3 Å². The number of thiophene rings is 1. The molecule has 83 heavy (non-hydrogen) atoms. The van der Waals surface area contributed by atoms with Gasteiger partial charge < -0.3 is 25.3 Å². The SMILES string of the molecule is Cc1ccc(-c2cccc(C(N)Cc3cc(Cl)c4cccnc4c3OCc3ccccc3)c2)s1.O=C(NC(Cc1cc(Cl)c2cccnc2c1OCc1ccccc1)c1ccc(CN2CCOCC2)cc1)c1ccc(-c2ccccc2)cc1. The van der Waals surface area contributed by atoms with Crippen LogP contribution in [0.5, 0.6) is 11.5 Å². The van der Waals surface area contributed by atoms with Crippen LogP contribution in [0.3, 0.4) is 0 Å². The van der Waals surface area contributed by atoms with Crippen molar-refractivity contribution in [3.05, 3.63) is 284 Å². The molecule has 1 fully saturated rings. The van der Waals surface area contributed by atoms with E-state index in [0.717, 1.165) is 99.4 Å². The van der Waals surface area contributed by atoms with Gasteiger partial charge in [0.1, 0.15) is 35.7 Å². The van der Waals surface area contributed by atoms with Crippen LogP contribution in [0.25, 0.3) is 43.4 Å². The molecule has 416 valence electrons. The van der Waals surface area contributed by atoms with E-state index in [0.29, 0.717) is 52.9 Å². The molecule has 4 heterocycles. The van der Waals surface area contributed by atoms with Crippen molar-refractivity contribution in [3.63, 3.8) is 0 Å². The first kappa shape index (κ1) is 56.7. The summed E-state index contributed by atoms with van der Waals surface area (Å²) in [5.41, 5.74) is 19.4. The minimum absolute atomic E-state index is 0.154. The molecule has 3 aromatic heterocycles. The Hall–Kier alpha value is -8.19. The lowest BCUT2D eigenvalue weighted by Gasteiger charge is -2.27. The van der Waals surface area contributed by atoms with Crippen molar-refractivity contribution >= 4 is 62.3 Å². The molecule has 12 rings (SSSR count). The number of aromatic nitrogens is 2. The summed E-state index contributed by atoms with van der Waals surface area (Å²) in [7, 11) is 0. The lowest BCUT2D eigenvalue weighted by molar-refractivity contribution is 0.0342. The first-order chi connectivity index (χ1) is 40.7. The van der Waals surface area contributed by atoms with Crippen molar-refractivity contribution in [2.75, 3.05) is 26.3 Å². The van der Waals surface area contributed by atoms with Gasteiger partial charge in [0, 0.05) is 76.1 Å². The van der Waals surface area contributed by atoms with Gasteiger partial charge in [-0.2, -0.15) is 0 Å². The average molecular weight is 1150 g/mol. The maximum atomic E-state index is 13.9. The molecule has 0 radical (unpaired) electrons. The number of nitrogens with one attached hydrogen (secondary N) is 1. The molecule has 8 aromatic carbocycles. The number of amides is 1. The second-order valence-corrected chi connectivity index (χ2v) is 22.8. The molecule has 9 nitrogen and oxygen atoms in total. The highest BCUT2D eigenvalue weighted by atomic mass is 35.5. The van der Waals surface area contributed by atoms with Crippen LogP contribution in [0.4, 0.5) is 0 Å². The number of pyridine rings is 2. The second-order valence-electron chi connectivity index (χ2n) is 20.7. The fourth-order valence-corrected chi connectivity index (χ4v) is 11.9. The molecule has 11 aromatic rings. The summed E-state index contributed by atoms with van der Waals surface area (Å²) in [6, 6.07) is 70.4. The summed E-state index contributed by atoms with van der Waals surface area (Å²) in [6.45, 7) is 7.17. The van der Waals surface area contributed by atoms with Crippen molar-refractivity contribution < 1.29 is 19.0 Å². The summed E-state index contributed by atoms with van der Waals surface area (Å²) in [6.07, 6.45) is 4.56. The van der Waals surface area contributed by atoms with Crippen LogP contribution in [0.2, 0.25) is 10.0 Å².